The summed E-state index contributed by atoms with van der Waals surface area (Å²) >= 11 is 0. The lowest BCUT2D eigenvalue weighted by molar-refractivity contribution is 0.0689. The first kappa shape index (κ1) is 14.0. The molecule has 1 saturated carbocycles. The van der Waals surface area contributed by atoms with E-state index in [1.54, 1.807) is 6.20 Å². The van der Waals surface area contributed by atoms with Crippen molar-refractivity contribution in [3.05, 3.63) is 23.8 Å². The largest absolute Gasteiger partial charge is 0.477 e. The van der Waals surface area contributed by atoms with Crippen molar-refractivity contribution >= 4 is 5.97 Å². The average Bonchev–Trinajstić information content (AvgIpc) is 2.38. The Balaban J connectivity index is 2.05. The number of rotatable bonds is 2. The number of hydrogen-bond acceptors (Lipinski definition) is 3. The summed E-state index contributed by atoms with van der Waals surface area (Å²) in [6.07, 6.45) is 6.03. The lowest BCUT2D eigenvalue weighted by Gasteiger charge is -2.36. The van der Waals surface area contributed by atoms with Crippen LogP contribution in [0, 0.1) is 11.3 Å². The maximum absolute atomic E-state index is 10.9. The number of carbonyl (C=O) groups is 1. The van der Waals surface area contributed by atoms with Crippen LogP contribution in [0.4, 0.5) is 0 Å². The Labute approximate surface area is 114 Å². The molecule has 0 radical (unpaired) electrons. The van der Waals surface area contributed by atoms with Gasteiger partial charge < -0.3 is 5.11 Å². The molecule has 1 aliphatic rings. The zero-order valence-corrected chi connectivity index (χ0v) is 11.9. The van der Waals surface area contributed by atoms with Crippen molar-refractivity contribution in [3.63, 3.8) is 0 Å². The lowest BCUT2D eigenvalue weighted by Crippen LogP contribution is -2.26. The molecule has 104 valence electrons. The van der Waals surface area contributed by atoms with Crippen LogP contribution in [0.25, 0.3) is 0 Å². The lowest BCUT2D eigenvalue weighted by atomic mass is 9.70. The normalized spacial score (nSPS) is 24.2. The number of hydrogen-bond donors (Lipinski definition) is 1. The molecule has 1 aliphatic carbocycles. The molecule has 2 rings (SSSR count). The van der Waals surface area contributed by atoms with Gasteiger partial charge in [0.05, 0.1) is 0 Å². The summed E-state index contributed by atoms with van der Waals surface area (Å²) in [5.41, 5.74) is 0.456. The fraction of sp³-hybridized carbons (Fsp3) is 0.667. The first-order valence-corrected chi connectivity index (χ1v) is 6.94. The molecule has 19 heavy (non-hydrogen) atoms. The molecule has 0 atom stereocenters. The summed E-state index contributed by atoms with van der Waals surface area (Å²) in [5.74, 6) is 0.781. The van der Waals surface area contributed by atoms with Crippen LogP contribution in [-0.2, 0) is 0 Å². The highest BCUT2D eigenvalue weighted by atomic mass is 16.4. The van der Waals surface area contributed by atoms with E-state index in [4.69, 9.17) is 5.11 Å². The second-order valence-corrected chi connectivity index (χ2v) is 6.52. The molecule has 0 aliphatic heterocycles. The quantitative estimate of drug-likeness (QED) is 0.886. The summed E-state index contributed by atoms with van der Waals surface area (Å²) in [5, 5.41) is 8.97. The van der Waals surface area contributed by atoms with Crippen molar-refractivity contribution in [1.29, 1.82) is 0 Å². The smallest absolute Gasteiger partial charge is 0.354 e. The molecule has 4 heteroatoms. The van der Waals surface area contributed by atoms with E-state index in [1.807, 2.05) is 0 Å². The van der Waals surface area contributed by atoms with Crippen molar-refractivity contribution in [3.8, 4) is 0 Å². The van der Waals surface area contributed by atoms with Crippen LogP contribution in [0.15, 0.2) is 12.3 Å². The van der Waals surface area contributed by atoms with E-state index < -0.39 is 5.97 Å². The van der Waals surface area contributed by atoms with Crippen molar-refractivity contribution in [1.82, 2.24) is 9.97 Å². The van der Waals surface area contributed by atoms with Gasteiger partial charge in [-0.15, -0.1) is 0 Å². The van der Waals surface area contributed by atoms with Crippen molar-refractivity contribution in [2.24, 2.45) is 11.3 Å². The Morgan fingerprint density at radius 3 is 2.42 bits per heavy atom. The summed E-state index contributed by atoms with van der Waals surface area (Å²) in [6.45, 7) is 6.87. The SMILES string of the molecule is CC(C)(C)C1CCC(c2nccc(C(=O)O)n2)CC1. The summed E-state index contributed by atoms with van der Waals surface area (Å²) < 4.78 is 0. The molecule has 0 unspecified atom stereocenters. The van der Waals surface area contributed by atoms with Gasteiger partial charge in [0.2, 0.25) is 0 Å². The second-order valence-electron chi connectivity index (χ2n) is 6.52. The predicted molar refractivity (Wildman–Crippen MR) is 73.1 cm³/mol. The molecule has 0 saturated heterocycles. The van der Waals surface area contributed by atoms with Gasteiger partial charge in [0.1, 0.15) is 5.82 Å². The molecular formula is C15H22N2O2. The van der Waals surface area contributed by atoms with Gasteiger partial charge in [-0.3, -0.25) is 0 Å². The van der Waals surface area contributed by atoms with Crippen LogP contribution < -0.4 is 0 Å². The molecule has 1 N–H and O–H groups in total. The highest BCUT2D eigenvalue weighted by molar-refractivity contribution is 5.85. The van der Waals surface area contributed by atoms with Crippen LogP contribution in [0.2, 0.25) is 0 Å². The summed E-state index contributed by atoms with van der Waals surface area (Å²) in [6, 6.07) is 1.45. The standard InChI is InChI=1S/C15H22N2O2/c1-15(2,3)11-6-4-10(5-7-11)13-16-9-8-12(17-13)14(18)19/h8-11H,4-7H2,1-3H3,(H,18,19). The molecule has 1 heterocycles. The zero-order chi connectivity index (χ0) is 14.0. The molecule has 1 aromatic heterocycles. The zero-order valence-electron chi connectivity index (χ0n) is 11.9. The highest BCUT2D eigenvalue weighted by Crippen LogP contribution is 2.42. The van der Waals surface area contributed by atoms with Gasteiger partial charge in [0.15, 0.2) is 5.69 Å². The minimum atomic E-state index is -0.980. The van der Waals surface area contributed by atoms with Crippen LogP contribution in [0.5, 0.6) is 0 Å². The van der Waals surface area contributed by atoms with Gasteiger partial charge in [-0.05, 0) is 43.1 Å². The minimum absolute atomic E-state index is 0.0999. The number of aromatic carboxylic acids is 1. The van der Waals surface area contributed by atoms with Gasteiger partial charge >= 0.3 is 5.97 Å². The van der Waals surface area contributed by atoms with Gasteiger partial charge in [0, 0.05) is 12.1 Å². The number of carboxylic acids is 1. The maximum atomic E-state index is 10.9. The molecule has 0 amide bonds. The van der Waals surface area contributed by atoms with E-state index in [0.717, 1.165) is 18.8 Å². The van der Waals surface area contributed by atoms with Crippen molar-refractivity contribution < 1.29 is 9.90 Å². The fourth-order valence-electron chi connectivity index (χ4n) is 2.91. The van der Waals surface area contributed by atoms with Crippen LogP contribution in [-0.4, -0.2) is 21.0 Å². The van der Waals surface area contributed by atoms with E-state index in [0.29, 0.717) is 17.2 Å². The Morgan fingerprint density at radius 1 is 1.26 bits per heavy atom. The molecule has 1 fully saturated rings. The van der Waals surface area contributed by atoms with E-state index in [1.165, 1.54) is 18.9 Å². The molecule has 0 aromatic carbocycles. The topological polar surface area (TPSA) is 63.1 Å². The number of aromatic nitrogens is 2. The van der Waals surface area contributed by atoms with Crippen LogP contribution >= 0.6 is 0 Å². The minimum Gasteiger partial charge on any atom is -0.477 e. The van der Waals surface area contributed by atoms with Gasteiger partial charge in [-0.2, -0.15) is 0 Å². The third-order valence-electron chi connectivity index (χ3n) is 4.21. The second kappa shape index (κ2) is 5.27. The summed E-state index contributed by atoms with van der Waals surface area (Å²) in [4.78, 5) is 19.4. The van der Waals surface area contributed by atoms with Crippen molar-refractivity contribution in [2.75, 3.05) is 0 Å². The summed E-state index contributed by atoms with van der Waals surface area (Å²) in [7, 11) is 0. The Kier molecular flexibility index (Phi) is 3.88. The first-order chi connectivity index (χ1) is 8.88. The number of nitrogens with zero attached hydrogens (tertiary/aromatic N) is 2. The Hall–Kier alpha value is -1.45. The van der Waals surface area contributed by atoms with Crippen molar-refractivity contribution in [2.45, 2.75) is 52.4 Å². The third kappa shape index (κ3) is 3.31. The Morgan fingerprint density at radius 2 is 1.89 bits per heavy atom. The molecule has 0 spiro atoms. The first-order valence-electron chi connectivity index (χ1n) is 6.94. The third-order valence-corrected chi connectivity index (χ3v) is 4.21. The van der Waals surface area contributed by atoms with E-state index in [-0.39, 0.29) is 5.69 Å². The predicted octanol–water partition coefficient (Wildman–Crippen LogP) is 3.49. The van der Waals surface area contributed by atoms with E-state index >= 15 is 0 Å². The molecule has 1 aromatic rings. The number of carboxylic acid groups (broad SMARTS) is 1. The van der Waals surface area contributed by atoms with Gasteiger partial charge in [-0.25, -0.2) is 14.8 Å². The van der Waals surface area contributed by atoms with E-state index in [2.05, 4.69) is 30.7 Å². The molecule has 0 bridgehead atoms. The maximum Gasteiger partial charge on any atom is 0.354 e. The van der Waals surface area contributed by atoms with Crippen LogP contribution in [0.3, 0.4) is 0 Å². The average molecular weight is 262 g/mol. The van der Waals surface area contributed by atoms with E-state index in [9.17, 15) is 4.79 Å². The van der Waals surface area contributed by atoms with Crippen LogP contribution in [0.1, 0.15) is 68.7 Å². The fourth-order valence-corrected chi connectivity index (χ4v) is 2.91. The van der Waals surface area contributed by atoms with Gasteiger partial charge in [0.25, 0.3) is 0 Å². The molecule has 4 nitrogen and oxygen atoms in total. The molecular weight excluding hydrogens is 240 g/mol. The van der Waals surface area contributed by atoms with Gasteiger partial charge in [-0.1, -0.05) is 20.8 Å². The highest BCUT2D eigenvalue weighted by Gasteiger charge is 2.31. The monoisotopic (exact) mass is 262 g/mol. The Bertz CT molecular complexity index is 457.